The Balaban J connectivity index is 1.79. The van der Waals surface area contributed by atoms with E-state index in [0.29, 0.717) is 18.5 Å². The molecular weight excluding hydrogens is 260 g/mol. The topological polar surface area (TPSA) is 32.3 Å². The van der Waals surface area contributed by atoms with E-state index in [2.05, 4.69) is 54.1 Å². The second-order valence-electron chi connectivity index (χ2n) is 5.92. The summed E-state index contributed by atoms with van der Waals surface area (Å²) in [5.74, 6) is 0.156. The minimum absolute atomic E-state index is 0.156. The van der Waals surface area contributed by atoms with Gasteiger partial charge in [-0.1, -0.05) is 36.4 Å². The summed E-state index contributed by atoms with van der Waals surface area (Å²) in [5, 5.41) is 3.16. The minimum atomic E-state index is 0.156. The molecule has 3 heteroatoms. The monoisotopic (exact) mass is 286 g/mol. The van der Waals surface area contributed by atoms with E-state index in [9.17, 15) is 4.79 Å². The van der Waals surface area contributed by atoms with E-state index in [4.69, 9.17) is 0 Å². The Morgan fingerprint density at radius 2 is 2.19 bits per heavy atom. The molecule has 1 heterocycles. The molecule has 114 valence electrons. The van der Waals surface area contributed by atoms with Crippen LogP contribution in [0.15, 0.2) is 43.0 Å². The number of carbonyl (C=O) groups excluding carboxylic acids is 1. The number of nitrogens with one attached hydrogen (secondary N) is 1. The van der Waals surface area contributed by atoms with Crippen LogP contribution in [0.5, 0.6) is 0 Å². The molecule has 0 aromatic heterocycles. The van der Waals surface area contributed by atoms with Crippen molar-refractivity contribution in [2.45, 2.75) is 51.2 Å². The highest BCUT2D eigenvalue weighted by Crippen LogP contribution is 2.20. The molecule has 1 aromatic rings. The molecule has 0 bridgehead atoms. The lowest BCUT2D eigenvalue weighted by Crippen LogP contribution is -2.48. The highest BCUT2D eigenvalue weighted by Gasteiger charge is 2.26. The van der Waals surface area contributed by atoms with E-state index in [-0.39, 0.29) is 5.91 Å². The Morgan fingerprint density at radius 3 is 2.86 bits per heavy atom. The Labute approximate surface area is 128 Å². The first-order valence-electron chi connectivity index (χ1n) is 7.87. The predicted octanol–water partition coefficient (Wildman–Crippen LogP) is 3.12. The van der Waals surface area contributed by atoms with E-state index in [1.807, 2.05) is 0 Å². The summed E-state index contributed by atoms with van der Waals surface area (Å²) < 4.78 is 0. The van der Waals surface area contributed by atoms with Crippen molar-refractivity contribution in [1.82, 2.24) is 10.2 Å². The second-order valence-corrected chi connectivity index (χ2v) is 5.92. The Morgan fingerprint density at radius 1 is 1.43 bits per heavy atom. The van der Waals surface area contributed by atoms with Gasteiger partial charge in [0.1, 0.15) is 0 Å². The first-order valence-corrected chi connectivity index (χ1v) is 7.87. The summed E-state index contributed by atoms with van der Waals surface area (Å²) in [4.78, 5) is 14.3. The van der Waals surface area contributed by atoms with E-state index < -0.39 is 0 Å². The van der Waals surface area contributed by atoms with Gasteiger partial charge < -0.3 is 5.32 Å². The molecule has 0 saturated carbocycles. The number of likely N-dealkylation sites (tertiary alicyclic amines) is 1. The van der Waals surface area contributed by atoms with Gasteiger partial charge in [0.25, 0.3) is 0 Å². The number of rotatable bonds is 6. The highest BCUT2D eigenvalue weighted by molar-refractivity contribution is 5.76. The summed E-state index contributed by atoms with van der Waals surface area (Å²) in [5.41, 5.74) is 1.36. The molecule has 1 amide bonds. The number of piperidine rings is 1. The lowest BCUT2D eigenvalue weighted by molar-refractivity contribution is -0.122. The van der Waals surface area contributed by atoms with Crippen LogP contribution in [0.2, 0.25) is 0 Å². The van der Waals surface area contributed by atoms with Crippen LogP contribution in [0.25, 0.3) is 0 Å². The van der Waals surface area contributed by atoms with Crippen LogP contribution < -0.4 is 5.32 Å². The SMILES string of the molecule is C=CCCC(=O)NC1CCN(Cc2ccccc2)C(C)C1. The maximum Gasteiger partial charge on any atom is 0.220 e. The normalized spacial score (nSPS) is 22.7. The van der Waals surface area contributed by atoms with Crippen molar-refractivity contribution in [2.24, 2.45) is 0 Å². The van der Waals surface area contributed by atoms with Gasteiger partial charge in [-0.05, 0) is 31.7 Å². The number of allylic oxidation sites excluding steroid dienone is 1. The highest BCUT2D eigenvalue weighted by atomic mass is 16.1. The molecule has 1 aliphatic rings. The lowest BCUT2D eigenvalue weighted by Gasteiger charge is -2.38. The Bertz CT molecular complexity index is 458. The van der Waals surface area contributed by atoms with Gasteiger partial charge in [-0.25, -0.2) is 0 Å². The van der Waals surface area contributed by atoms with Gasteiger partial charge in [0.15, 0.2) is 0 Å². The summed E-state index contributed by atoms with van der Waals surface area (Å²) in [6.45, 7) is 7.95. The van der Waals surface area contributed by atoms with Gasteiger partial charge in [-0.15, -0.1) is 6.58 Å². The van der Waals surface area contributed by atoms with Crippen molar-refractivity contribution in [1.29, 1.82) is 0 Å². The quantitative estimate of drug-likeness (QED) is 0.815. The Kier molecular flexibility index (Phi) is 6.00. The summed E-state index contributed by atoms with van der Waals surface area (Å²) in [7, 11) is 0. The third kappa shape index (κ3) is 5.01. The van der Waals surface area contributed by atoms with Crippen LogP contribution in [0.3, 0.4) is 0 Å². The van der Waals surface area contributed by atoms with Crippen LogP contribution >= 0.6 is 0 Å². The lowest BCUT2D eigenvalue weighted by atomic mass is 9.97. The minimum Gasteiger partial charge on any atom is -0.353 e. The van der Waals surface area contributed by atoms with E-state index >= 15 is 0 Å². The molecule has 0 spiro atoms. The molecule has 1 N–H and O–H groups in total. The van der Waals surface area contributed by atoms with Crippen molar-refractivity contribution in [2.75, 3.05) is 6.54 Å². The average Bonchev–Trinajstić information content (AvgIpc) is 2.49. The molecule has 1 aliphatic heterocycles. The number of hydrogen-bond acceptors (Lipinski definition) is 2. The second kappa shape index (κ2) is 7.99. The fraction of sp³-hybridized carbons (Fsp3) is 0.500. The van der Waals surface area contributed by atoms with Crippen LogP contribution in [-0.4, -0.2) is 29.4 Å². The van der Waals surface area contributed by atoms with Gasteiger partial charge in [-0.2, -0.15) is 0 Å². The molecule has 1 fully saturated rings. The molecule has 1 saturated heterocycles. The van der Waals surface area contributed by atoms with Crippen molar-refractivity contribution >= 4 is 5.91 Å². The van der Waals surface area contributed by atoms with E-state index in [1.165, 1.54) is 5.56 Å². The zero-order valence-corrected chi connectivity index (χ0v) is 12.9. The number of carbonyl (C=O) groups is 1. The number of nitrogens with zero attached hydrogens (tertiary/aromatic N) is 1. The summed E-state index contributed by atoms with van der Waals surface area (Å²) in [6, 6.07) is 11.4. The maximum atomic E-state index is 11.8. The number of hydrogen-bond donors (Lipinski definition) is 1. The zero-order chi connectivity index (χ0) is 15.1. The third-order valence-electron chi connectivity index (χ3n) is 4.18. The van der Waals surface area contributed by atoms with Gasteiger partial charge in [0, 0.05) is 31.6 Å². The first kappa shape index (κ1) is 15.8. The molecular formula is C18H26N2O. The fourth-order valence-corrected chi connectivity index (χ4v) is 2.94. The van der Waals surface area contributed by atoms with Gasteiger partial charge >= 0.3 is 0 Å². The maximum absolute atomic E-state index is 11.8. The number of benzene rings is 1. The van der Waals surface area contributed by atoms with Crippen molar-refractivity contribution < 1.29 is 4.79 Å². The summed E-state index contributed by atoms with van der Waals surface area (Å²) >= 11 is 0. The van der Waals surface area contributed by atoms with Crippen LogP contribution in [0.4, 0.5) is 0 Å². The third-order valence-corrected chi connectivity index (χ3v) is 4.18. The summed E-state index contributed by atoms with van der Waals surface area (Å²) in [6.07, 6.45) is 5.19. The standard InChI is InChI=1S/C18H26N2O/c1-3-4-10-18(21)19-17-11-12-20(15(2)13-17)14-16-8-6-5-7-9-16/h3,5-9,15,17H,1,4,10-14H2,2H3,(H,19,21). The van der Waals surface area contributed by atoms with Crippen molar-refractivity contribution in [3.05, 3.63) is 48.6 Å². The van der Waals surface area contributed by atoms with Crippen LogP contribution in [0, 0.1) is 0 Å². The van der Waals surface area contributed by atoms with Gasteiger partial charge in [0.2, 0.25) is 5.91 Å². The largest absolute Gasteiger partial charge is 0.353 e. The van der Waals surface area contributed by atoms with Crippen molar-refractivity contribution in [3.8, 4) is 0 Å². The van der Waals surface area contributed by atoms with E-state index in [0.717, 1.165) is 32.4 Å². The molecule has 2 unspecified atom stereocenters. The number of amides is 1. The van der Waals surface area contributed by atoms with Gasteiger partial charge in [0.05, 0.1) is 0 Å². The molecule has 0 radical (unpaired) electrons. The smallest absolute Gasteiger partial charge is 0.220 e. The zero-order valence-electron chi connectivity index (χ0n) is 12.9. The molecule has 21 heavy (non-hydrogen) atoms. The van der Waals surface area contributed by atoms with E-state index in [1.54, 1.807) is 6.08 Å². The fourth-order valence-electron chi connectivity index (χ4n) is 2.94. The van der Waals surface area contributed by atoms with Gasteiger partial charge in [-0.3, -0.25) is 9.69 Å². The first-order chi connectivity index (χ1) is 10.2. The molecule has 3 nitrogen and oxygen atoms in total. The molecule has 1 aromatic carbocycles. The Hall–Kier alpha value is -1.61. The van der Waals surface area contributed by atoms with Crippen LogP contribution in [-0.2, 0) is 11.3 Å². The molecule has 0 aliphatic carbocycles. The predicted molar refractivity (Wildman–Crippen MR) is 86.9 cm³/mol. The van der Waals surface area contributed by atoms with Crippen LogP contribution in [0.1, 0.15) is 38.2 Å². The molecule has 2 atom stereocenters. The van der Waals surface area contributed by atoms with Crippen molar-refractivity contribution in [3.63, 3.8) is 0 Å². The molecule has 2 rings (SSSR count). The average molecular weight is 286 g/mol.